The number of carbonyl (C=O) groups excluding carboxylic acids is 1. The lowest BCUT2D eigenvalue weighted by Gasteiger charge is -2.25. The normalized spacial score (nSPS) is 11.6. The Kier molecular flexibility index (Phi) is 4.07. The summed E-state index contributed by atoms with van der Waals surface area (Å²) in [6.07, 6.45) is 0.491. The van der Waals surface area contributed by atoms with E-state index in [2.05, 4.69) is 6.07 Å². The highest BCUT2D eigenvalue weighted by atomic mass is 16.1. The van der Waals surface area contributed by atoms with Crippen LogP contribution in [0.1, 0.15) is 30.6 Å². The predicted molar refractivity (Wildman–Crippen MR) is 64.5 cm³/mol. The highest BCUT2D eigenvalue weighted by molar-refractivity contribution is 5.94. The number of nitrogens with zero attached hydrogens (tertiary/aromatic N) is 2. The van der Waals surface area contributed by atoms with Crippen molar-refractivity contribution in [2.75, 3.05) is 11.9 Å². The number of ketones is 1. The van der Waals surface area contributed by atoms with Gasteiger partial charge < -0.3 is 4.90 Å². The zero-order chi connectivity index (χ0) is 12.1. The standard InChI is InChI=1S/C13H16N2O/c1-10(8-9-14)15(3)13-6-4-12(5-7-13)11(2)16/h4-7,10H,8H2,1-3H3. The van der Waals surface area contributed by atoms with Gasteiger partial charge in [0.1, 0.15) is 0 Å². The second-order valence-electron chi connectivity index (χ2n) is 3.93. The molecule has 1 unspecified atom stereocenters. The minimum atomic E-state index is 0.0688. The number of Topliss-reactive ketones (excluding diaryl/α,β-unsaturated/α-hetero) is 1. The van der Waals surface area contributed by atoms with Crippen molar-refractivity contribution >= 4 is 11.5 Å². The summed E-state index contributed by atoms with van der Waals surface area (Å²) in [5, 5.41) is 8.63. The lowest BCUT2D eigenvalue weighted by molar-refractivity contribution is 0.101. The molecule has 0 saturated carbocycles. The predicted octanol–water partition coefficient (Wildman–Crippen LogP) is 2.63. The molecule has 0 aliphatic heterocycles. The maximum absolute atomic E-state index is 11.1. The van der Waals surface area contributed by atoms with Crippen molar-refractivity contribution in [3.63, 3.8) is 0 Å². The fourth-order valence-corrected chi connectivity index (χ4v) is 1.45. The second kappa shape index (κ2) is 5.32. The van der Waals surface area contributed by atoms with Crippen LogP contribution in [0, 0.1) is 11.3 Å². The van der Waals surface area contributed by atoms with E-state index in [0.717, 1.165) is 5.69 Å². The van der Waals surface area contributed by atoms with E-state index in [-0.39, 0.29) is 11.8 Å². The third kappa shape index (κ3) is 2.83. The molecule has 84 valence electrons. The Morgan fingerprint density at radius 1 is 1.44 bits per heavy atom. The van der Waals surface area contributed by atoms with Crippen molar-refractivity contribution in [2.24, 2.45) is 0 Å². The molecule has 1 atom stereocenters. The number of nitriles is 1. The molecule has 1 rings (SSSR count). The summed E-state index contributed by atoms with van der Waals surface area (Å²) in [4.78, 5) is 13.1. The Hall–Kier alpha value is -1.82. The molecular formula is C13H16N2O. The van der Waals surface area contributed by atoms with Gasteiger partial charge in [0.05, 0.1) is 12.5 Å². The number of hydrogen-bond donors (Lipinski definition) is 0. The van der Waals surface area contributed by atoms with Crippen molar-refractivity contribution in [1.82, 2.24) is 0 Å². The first-order valence-corrected chi connectivity index (χ1v) is 5.27. The topological polar surface area (TPSA) is 44.1 Å². The quantitative estimate of drug-likeness (QED) is 0.727. The Labute approximate surface area is 96.3 Å². The first-order valence-electron chi connectivity index (χ1n) is 5.27. The van der Waals surface area contributed by atoms with Crippen molar-refractivity contribution in [1.29, 1.82) is 5.26 Å². The van der Waals surface area contributed by atoms with E-state index in [1.54, 1.807) is 6.92 Å². The van der Waals surface area contributed by atoms with Crippen molar-refractivity contribution < 1.29 is 4.79 Å². The van der Waals surface area contributed by atoms with Crippen LogP contribution in [0.3, 0.4) is 0 Å². The van der Waals surface area contributed by atoms with E-state index in [1.807, 2.05) is 43.1 Å². The SMILES string of the molecule is CC(=O)c1ccc(N(C)C(C)CC#N)cc1. The largest absolute Gasteiger partial charge is 0.371 e. The summed E-state index contributed by atoms with van der Waals surface area (Å²) in [5.74, 6) is 0.0688. The van der Waals surface area contributed by atoms with Gasteiger partial charge in [0.2, 0.25) is 0 Å². The fraction of sp³-hybridized carbons (Fsp3) is 0.385. The Morgan fingerprint density at radius 3 is 2.44 bits per heavy atom. The summed E-state index contributed by atoms with van der Waals surface area (Å²) in [6, 6.07) is 9.77. The highest BCUT2D eigenvalue weighted by Crippen LogP contribution is 2.17. The van der Waals surface area contributed by atoms with E-state index in [1.165, 1.54) is 0 Å². The number of hydrogen-bond acceptors (Lipinski definition) is 3. The summed E-state index contributed by atoms with van der Waals surface area (Å²) in [6.45, 7) is 3.55. The number of benzene rings is 1. The molecule has 0 N–H and O–H groups in total. The van der Waals surface area contributed by atoms with Crippen LogP contribution in [0.25, 0.3) is 0 Å². The average Bonchev–Trinajstić information content (AvgIpc) is 2.28. The molecule has 0 heterocycles. The minimum Gasteiger partial charge on any atom is -0.371 e. The van der Waals surface area contributed by atoms with Crippen LogP contribution in [0.15, 0.2) is 24.3 Å². The van der Waals surface area contributed by atoms with Gasteiger partial charge in [0.25, 0.3) is 0 Å². The Balaban J connectivity index is 2.82. The van der Waals surface area contributed by atoms with Gasteiger partial charge in [-0.1, -0.05) is 0 Å². The minimum absolute atomic E-state index is 0.0688. The maximum atomic E-state index is 11.1. The zero-order valence-electron chi connectivity index (χ0n) is 9.90. The van der Waals surface area contributed by atoms with Gasteiger partial charge in [-0.3, -0.25) is 4.79 Å². The molecule has 0 aromatic heterocycles. The molecule has 1 aromatic rings. The summed E-state index contributed by atoms with van der Waals surface area (Å²) < 4.78 is 0. The molecule has 16 heavy (non-hydrogen) atoms. The highest BCUT2D eigenvalue weighted by Gasteiger charge is 2.09. The molecule has 0 aliphatic carbocycles. The molecule has 0 aliphatic rings. The molecule has 0 spiro atoms. The van der Waals surface area contributed by atoms with Crippen molar-refractivity contribution in [2.45, 2.75) is 26.3 Å². The van der Waals surface area contributed by atoms with Gasteiger partial charge in [-0.15, -0.1) is 0 Å². The molecular weight excluding hydrogens is 200 g/mol. The Bertz CT molecular complexity index is 403. The number of anilines is 1. The van der Waals surface area contributed by atoms with Gasteiger partial charge in [-0.25, -0.2) is 0 Å². The first kappa shape index (κ1) is 12.3. The molecule has 0 saturated heterocycles. The zero-order valence-corrected chi connectivity index (χ0v) is 9.90. The summed E-state index contributed by atoms with van der Waals surface area (Å²) in [7, 11) is 1.95. The van der Waals surface area contributed by atoms with Gasteiger partial charge >= 0.3 is 0 Å². The van der Waals surface area contributed by atoms with Crippen LogP contribution in [0.2, 0.25) is 0 Å². The third-order valence-corrected chi connectivity index (χ3v) is 2.73. The number of carbonyl (C=O) groups is 1. The van der Waals surface area contributed by atoms with E-state index in [4.69, 9.17) is 5.26 Å². The van der Waals surface area contributed by atoms with Crippen LogP contribution in [0.5, 0.6) is 0 Å². The average molecular weight is 216 g/mol. The van der Waals surface area contributed by atoms with E-state index in [9.17, 15) is 4.79 Å². The van der Waals surface area contributed by atoms with Gasteiger partial charge in [-0.2, -0.15) is 5.26 Å². The summed E-state index contributed by atoms with van der Waals surface area (Å²) in [5.41, 5.74) is 1.73. The lowest BCUT2D eigenvalue weighted by atomic mass is 10.1. The van der Waals surface area contributed by atoms with E-state index >= 15 is 0 Å². The van der Waals surface area contributed by atoms with Crippen LogP contribution < -0.4 is 4.90 Å². The Morgan fingerprint density at radius 2 is 2.00 bits per heavy atom. The van der Waals surface area contributed by atoms with E-state index in [0.29, 0.717) is 12.0 Å². The molecule has 0 fully saturated rings. The van der Waals surface area contributed by atoms with Crippen LogP contribution in [-0.2, 0) is 0 Å². The van der Waals surface area contributed by atoms with Gasteiger partial charge in [0.15, 0.2) is 5.78 Å². The third-order valence-electron chi connectivity index (χ3n) is 2.73. The van der Waals surface area contributed by atoms with Gasteiger partial charge in [0, 0.05) is 24.3 Å². The first-order chi connectivity index (χ1) is 7.56. The second-order valence-corrected chi connectivity index (χ2v) is 3.93. The van der Waals surface area contributed by atoms with Crippen LogP contribution in [-0.4, -0.2) is 18.9 Å². The smallest absolute Gasteiger partial charge is 0.159 e. The van der Waals surface area contributed by atoms with E-state index < -0.39 is 0 Å². The monoisotopic (exact) mass is 216 g/mol. The lowest BCUT2D eigenvalue weighted by Crippen LogP contribution is -2.28. The molecule has 0 bridgehead atoms. The van der Waals surface area contributed by atoms with Crippen molar-refractivity contribution in [3.05, 3.63) is 29.8 Å². The summed E-state index contributed by atoms with van der Waals surface area (Å²) >= 11 is 0. The molecule has 0 amide bonds. The van der Waals surface area contributed by atoms with Crippen LogP contribution in [0.4, 0.5) is 5.69 Å². The molecule has 3 heteroatoms. The fourth-order valence-electron chi connectivity index (χ4n) is 1.45. The number of rotatable bonds is 4. The molecule has 3 nitrogen and oxygen atoms in total. The van der Waals surface area contributed by atoms with Crippen LogP contribution >= 0.6 is 0 Å². The maximum Gasteiger partial charge on any atom is 0.159 e. The van der Waals surface area contributed by atoms with Crippen molar-refractivity contribution in [3.8, 4) is 6.07 Å². The molecule has 0 radical (unpaired) electrons. The van der Waals surface area contributed by atoms with Gasteiger partial charge in [-0.05, 0) is 38.1 Å². The molecule has 1 aromatic carbocycles.